The number of hydrogen-bond donors (Lipinski definition) is 1. The molecule has 8 heteroatoms. The van der Waals surface area contributed by atoms with Crippen molar-refractivity contribution in [2.75, 3.05) is 13.6 Å². The molecule has 1 aromatic heterocycles. The van der Waals surface area contributed by atoms with Crippen molar-refractivity contribution in [2.24, 2.45) is 11.7 Å². The highest BCUT2D eigenvalue weighted by Gasteiger charge is 2.24. The topological polar surface area (TPSA) is 77.0 Å². The second-order valence-corrected chi connectivity index (χ2v) is 8.17. The van der Waals surface area contributed by atoms with Crippen LogP contribution in [-0.4, -0.2) is 45.2 Å². The van der Waals surface area contributed by atoms with Crippen molar-refractivity contribution in [3.8, 4) is 5.69 Å². The molecular weight excluding hydrogens is 385 g/mol. The van der Waals surface area contributed by atoms with Gasteiger partial charge in [0.05, 0.1) is 10.0 Å². The quantitative estimate of drug-likeness (QED) is 0.742. The molecule has 0 unspecified atom stereocenters. The SMILES string of the molecule is CC(C)c1nc(C(=O)N(C)CC[C@H](N)C(C)C)nn1-c1c(Cl)cccc1Cl. The summed E-state index contributed by atoms with van der Waals surface area (Å²) in [7, 11) is 1.73. The van der Waals surface area contributed by atoms with E-state index in [0.717, 1.165) is 0 Å². The van der Waals surface area contributed by atoms with E-state index < -0.39 is 0 Å². The van der Waals surface area contributed by atoms with Crippen molar-refractivity contribution in [3.63, 3.8) is 0 Å². The summed E-state index contributed by atoms with van der Waals surface area (Å²) in [5.41, 5.74) is 6.61. The third kappa shape index (κ3) is 5.00. The number of amides is 1. The van der Waals surface area contributed by atoms with E-state index in [9.17, 15) is 4.79 Å². The Kier molecular flexibility index (Phi) is 7.25. The van der Waals surface area contributed by atoms with Crippen molar-refractivity contribution < 1.29 is 4.79 Å². The molecule has 0 bridgehead atoms. The van der Waals surface area contributed by atoms with Gasteiger partial charge in [0.25, 0.3) is 5.91 Å². The first-order valence-electron chi connectivity index (χ1n) is 9.05. The largest absolute Gasteiger partial charge is 0.339 e. The summed E-state index contributed by atoms with van der Waals surface area (Å²) in [5.74, 6) is 0.887. The maximum atomic E-state index is 12.8. The molecule has 148 valence electrons. The number of nitrogens with two attached hydrogens (primary N) is 1. The lowest BCUT2D eigenvalue weighted by Crippen LogP contribution is -2.35. The van der Waals surface area contributed by atoms with Gasteiger partial charge in [-0.25, -0.2) is 9.67 Å². The molecule has 1 aromatic carbocycles. The van der Waals surface area contributed by atoms with Crippen LogP contribution in [0.2, 0.25) is 10.0 Å². The third-order valence-corrected chi connectivity index (χ3v) is 5.10. The molecule has 0 spiro atoms. The third-order valence-electron chi connectivity index (χ3n) is 4.49. The number of carbonyl (C=O) groups excluding carboxylic acids is 1. The monoisotopic (exact) mass is 411 g/mol. The standard InChI is InChI=1S/C19H27Cl2N5O/c1-11(2)15(22)9-10-25(5)19(27)17-23-18(12(3)4)26(24-17)16-13(20)7-6-8-14(16)21/h6-8,11-12,15H,9-10,22H2,1-5H3/t15-/m0/s1. The normalized spacial score (nSPS) is 12.7. The van der Waals surface area contributed by atoms with Crippen LogP contribution >= 0.6 is 23.2 Å². The number of para-hydroxylation sites is 1. The highest BCUT2D eigenvalue weighted by Crippen LogP contribution is 2.30. The minimum atomic E-state index is -0.255. The maximum absolute atomic E-state index is 12.8. The summed E-state index contributed by atoms with van der Waals surface area (Å²) >= 11 is 12.6. The van der Waals surface area contributed by atoms with Crippen molar-refractivity contribution in [2.45, 2.75) is 46.1 Å². The van der Waals surface area contributed by atoms with Gasteiger partial charge in [0.2, 0.25) is 5.82 Å². The van der Waals surface area contributed by atoms with E-state index in [1.807, 2.05) is 13.8 Å². The van der Waals surface area contributed by atoms with Crippen LogP contribution in [0.1, 0.15) is 56.5 Å². The number of rotatable bonds is 7. The summed E-state index contributed by atoms with van der Waals surface area (Å²) in [6.45, 7) is 8.63. The number of hydrogen-bond acceptors (Lipinski definition) is 4. The van der Waals surface area contributed by atoms with E-state index >= 15 is 0 Å². The minimum absolute atomic E-state index is 0.0334. The molecule has 0 aliphatic rings. The van der Waals surface area contributed by atoms with Crippen LogP contribution in [0.4, 0.5) is 0 Å². The van der Waals surface area contributed by atoms with Crippen LogP contribution in [-0.2, 0) is 0 Å². The van der Waals surface area contributed by atoms with Crippen molar-refractivity contribution >= 4 is 29.1 Å². The molecule has 0 fully saturated rings. The Labute approximate surface area is 170 Å². The van der Waals surface area contributed by atoms with Crippen LogP contribution in [0.15, 0.2) is 18.2 Å². The number of benzene rings is 1. The van der Waals surface area contributed by atoms with Crippen LogP contribution in [0.3, 0.4) is 0 Å². The lowest BCUT2D eigenvalue weighted by Gasteiger charge is -2.20. The zero-order chi connectivity index (χ0) is 20.3. The zero-order valence-electron chi connectivity index (χ0n) is 16.4. The van der Waals surface area contributed by atoms with Gasteiger partial charge < -0.3 is 10.6 Å². The van der Waals surface area contributed by atoms with Gasteiger partial charge in [0, 0.05) is 25.6 Å². The van der Waals surface area contributed by atoms with E-state index in [4.69, 9.17) is 28.9 Å². The van der Waals surface area contributed by atoms with Gasteiger partial charge in [-0.05, 0) is 24.5 Å². The predicted molar refractivity (Wildman–Crippen MR) is 110 cm³/mol. The molecule has 2 rings (SSSR count). The van der Waals surface area contributed by atoms with Crippen LogP contribution < -0.4 is 5.73 Å². The summed E-state index contributed by atoms with van der Waals surface area (Å²) in [6, 6.07) is 5.27. The van der Waals surface area contributed by atoms with Crippen molar-refractivity contribution in [1.29, 1.82) is 0 Å². The van der Waals surface area contributed by atoms with Gasteiger partial charge in [0.1, 0.15) is 11.5 Å². The smallest absolute Gasteiger partial charge is 0.293 e. The number of nitrogens with zero attached hydrogens (tertiary/aromatic N) is 4. The highest BCUT2D eigenvalue weighted by atomic mass is 35.5. The molecule has 0 saturated carbocycles. The maximum Gasteiger partial charge on any atom is 0.293 e. The number of carbonyl (C=O) groups is 1. The van der Waals surface area contributed by atoms with Crippen LogP contribution in [0.5, 0.6) is 0 Å². The average Bonchev–Trinajstić information content (AvgIpc) is 3.03. The Hall–Kier alpha value is -1.63. The average molecular weight is 412 g/mol. The zero-order valence-corrected chi connectivity index (χ0v) is 17.9. The molecule has 2 aromatic rings. The van der Waals surface area contributed by atoms with E-state index in [1.165, 1.54) is 0 Å². The molecule has 1 heterocycles. The van der Waals surface area contributed by atoms with Gasteiger partial charge >= 0.3 is 0 Å². The van der Waals surface area contributed by atoms with Gasteiger partial charge in [-0.3, -0.25) is 4.79 Å². The van der Waals surface area contributed by atoms with Gasteiger partial charge in [-0.2, -0.15) is 0 Å². The molecule has 1 atom stereocenters. The fourth-order valence-electron chi connectivity index (χ4n) is 2.59. The van der Waals surface area contributed by atoms with Gasteiger partial charge in [-0.1, -0.05) is 57.0 Å². The predicted octanol–water partition coefficient (Wildman–Crippen LogP) is 4.14. The van der Waals surface area contributed by atoms with E-state index in [2.05, 4.69) is 23.9 Å². The van der Waals surface area contributed by atoms with Gasteiger partial charge in [0.15, 0.2) is 0 Å². The fraction of sp³-hybridized carbons (Fsp3) is 0.526. The molecule has 0 aliphatic heterocycles. The van der Waals surface area contributed by atoms with E-state index in [1.54, 1.807) is 34.8 Å². The van der Waals surface area contributed by atoms with Crippen molar-refractivity contribution in [1.82, 2.24) is 19.7 Å². The van der Waals surface area contributed by atoms with Crippen LogP contribution in [0.25, 0.3) is 5.69 Å². The summed E-state index contributed by atoms with van der Waals surface area (Å²) < 4.78 is 1.57. The summed E-state index contributed by atoms with van der Waals surface area (Å²) in [4.78, 5) is 18.9. The Morgan fingerprint density at radius 1 is 1.22 bits per heavy atom. The lowest BCUT2D eigenvalue weighted by molar-refractivity contribution is 0.0777. The van der Waals surface area contributed by atoms with Crippen molar-refractivity contribution in [3.05, 3.63) is 39.9 Å². The molecule has 0 aliphatic carbocycles. The Morgan fingerprint density at radius 3 is 2.33 bits per heavy atom. The molecule has 6 nitrogen and oxygen atoms in total. The summed E-state index contributed by atoms with van der Waals surface area (Å²) in [6.07, 6.45) is 0.716. The van der Waals surface area contributed by atoms with Crippen LogP contribution in [0, 0.1) is 5.92 Å². The molecular formula is C19H27Cl2N5O. The number of aromatic nitrogens is 3. The van der Waals surface area contributed by atoms with E-state index in [-0.39, 0.29) is 23.7 Å². The summed E-state index contributed by atoms with van der Waals surface area (Å²) in [5, 5.41) is 5.32. The second kappa shape index (κ2) is 9.04. The lowest BCUT2D eigenvalue weighted by atomic mass is 10.0. The Balaban J connectivity index is 2.33. The van der Waals surface area contributed by atoms with E-state index in [0.29, 0.717) is 40.4 Å². The first-order valence-corrected chi connectivity index (χ1v) is 9.81. The molecule has 0 radical (unpaired) electrons. The molecule has 2 N–H and O–H groups in total. The molecule has 0 saturated heterocycles. The van der Waals surface area contributed by atoms with Gasteiger partial charge in [-0.15, -0.1) is 5.10 Å². The molecule has 1 amide bonds. The fourth-order valence-corrected chi connectivity index (χ4v) is 3.15. The first kappa shape index (κ1) is 21.7. The second-order valence-electron chi connectivity index (χ2n) is 7.35. The highest BCUT2D eigenvalue weighted by molar-refractivity contribution is 6.37. The Bertz CT molecular complexity index is 783. The number of halogens is 2. The Morgan fingerprint density at radius 2 is 1.81 bits per heavy atom. The minimum Gasteiger partial charge on any atom is -0.339 e. The molecule has 27 heavy (non-hydrogen) atoms. The first-order chi connectivity index (χ1) is 12.6.